The van der Waals surface area contributed by atoms with Gasteiger partial charge in [0.25, 0.3) is 11.8 Å². The number of rotatable bonds is 5. The summed E-state index contributed by atoms with van der Waals surface area (Å²) in [5.74, 6) is -5.38. The third-order valence-corrected chi connectivity index (χ3v) is 5.94. The summed E-state index contributed by atoms with van der Waals surface area (Å²) in [4.78, 5) is 31.5. The van der Waals surface area contributed by atoms with Crippen LogP contribution in [0, 0.1) is 5.92 Å². The third-order valence-electron chi connectivity index (χ3n) is 5.94. The van der Waals surface area contributed by atoms with Gasteiger partial charge >= 0.3 is 12.4 Å². The van der Waals surface area contributed by atoms with Crippen molar-refractivity contribution in [3.8, 4) is 5.88 Å². The lowest BCUT2D eigenvalue weighted by Gasteiger charge is -2.31. The van der Waals surface area contributed by atoms with Gasteiger partial charge in [0.1, 0.15) is 17.5 Å². The Morgan fingerprint density at radius 3 is 2.37 bits per heavy atom. The van der Waals surface area contributed by atoms with E-state index in [0.29, 0.717) is 6.07 Å². The molecule has 2 aromatic rings. The molecule has 0 spiro atoms. The van der Waals surface area contributed by atoms with Crippen LogP contribution in [0.4, 0.5) is 32.0 Å². The lowest BCUT2D eigenvalue weighted by molar-refractivity contribution is -0.272. The molecule has 0 aromatic carbocycles. The molecule has 3 rings (SSSR count). The SMILES string of the molecule is COc1nc(C(F)(F)F)ccc1[C@@H]1[C@@H](C(=O)Nc2ccnc(C(N)=O)c2)O[C@](C)(C(F)(F)F)[C@@H]1C. The molecule has 1 aliphatic rings. The molecule has 2 aromatic heterocycles. The Morgan fingerprint density at radius 2 is 1.83 bits per heavy atom. The smallest absolute Gasteiger partial charge is 0.433 e. The van der Waals surface area contributed by atoms with Gasteiger partial charge in [-0.1, -0.05) is 13.0 Å². The molecule has 0 bridgehead atoms. The number of primary amides is 1. The lowest BCUT2D eigenvalue weighted by Crippen LogP contribution is -2.47. The predicted molar refractivity (Wildman–Crippen MR) is 108 cm³/mol. The van der Waals surface area contributed by atoms with Crippen LogP contribution in [0.25, 0.3) is 0 Å². The zero-order valence-corrected chi connectivity index (χ0v) is 18.5. The number of nitrogens with one attached hydrogen (secondary N) is 1. The fourth-order valence-corrected chi connectivity index (χ4v) is 3.91. The van der Waals surface area contributed by atoms with Crippen molar-refractivity contribution in [2.45, 2.75) is 43.8 Å². The molecule has 0 saturated carbocycles. The first-order valence-electron chi connectivity index (χ1n) is 10.0. The first-order valence-corrected chi connectivity index (χ1v) is 10.0. The van der Waals surface area contributed by atoms with E-state index in [1.54, 1.807) is 0 Å². The number of hydrogen-bond acceptors (Lipinski definition) is 6. The summed E-state index contributed by atoms with van der Waals surface area (Å²) >= 11 is 0. The van der Waals surface area contributed by atoms with Crippen molar-refractivity contribution in [1.82, 2.24) is 9.97 Å². The topological polar surface area (TPSA) is 116 Å². The number of amides is 2. The first kappa shape index (κ1) is 26.2. The molecule has 1 saturated heterocycles. The number of carbonyl (C=O) groups excluding carboxylic acids is 2. The van der Waals surface area contributed by atoms with Crippen LogP contribution in [0.2, 0.25) is 0 Å². The van der Waals surface area contributed by atoms with E-state index >= 15 is 0 Å². The van der Waals surface area contributed by atoms with E-state index in [0.717, 1.165) is 32.4 Å². The van der Waals surface area contributed by atoms with Crippen LogP contribution < -0.4 is 15.8 Å². The molecule has 190 valence electrons. The summed E-state index contributed by atoms with van der Waals surface area (Å²) in [6.07, 6.45) is -10.4. The van der Waals surface area contributed by atoms with Crippen LogP contribution in [0.1, 0.15) is 41.5 Å². The minimum atomic E-state index is -4.93. The maximum Gasteiger partial charge on any atom is 0.433 e. The second-order valence-corrected chi connectivity index (χ2v) is 8.03. The number of anilines is 1. The van der Waals surface area contributed by atoms with Crippen molar-refractivity contribution in [3.05, 3.63) is 47.4 Å². The molecule has 0 unspecified atom stereocenters. The highest BCUT2D eigenvalue weighted by Crippen LogP contribution is 2.54. The average molecular weight is 506 g/mol. The minimum absolute atomic E-state index is 0.00748. The number of methoxy groups -OCH3 is 1. The van der Waals surface area contributed by atoms with Crippen molar-refractivity contribution in [1.29, 1.82) is 0 Å². The van der Waals surface area contributed by atoms with Crippen molar-refractivity contribution in [3.63, 3.8) is 0 Å². The molecule has 14 heteroatoms. The second-order valence-electron chi connectivity index (χ2n) is 8.03. The zero-order chi connectivity index (χ0) is 26.3. The maximum atomic E-state index is 14.0. The Kier molecular flexibility index (Phi) is 6.72. The molecule has 0 aliphatic carbocycles. The number of aromatic nitrogens is 2. The Hall–Kier alpha value is -3.42. The Balaban J connectivity index is 2.07. The quantitative estimate of drug-likeness (QED) is 0.598. The molecule has 3 N–H and O–H groups in total. The molecule has 3 heterocycles. The summed E-state index contributed by atoms with van der Waals surface area (Å²) in [5.41, 5.74) is 0.602. The van der Waals surface area contributed by atoms with E-state index in [-0.39, 0.29) is 16.9 Å². The van der Waals surface area contributed by atoms with E-state index in [1.165, 1.54) is 13.0 Å². The van der Waals surface area contributed by atoms with Gasteiger partial charge in [-0.3, -0.25) is 14.6 Å². The minimum Gasteiger partial charge on any atom is -0.481 e. The Bertz CT molecular complexity index is 1140. The van der Waals surface area contributed by atoms with Crippen LogP contribution in [0.15, 0.2) is 30.5 Å². The number of halogens is 6. The molecule has 4 atom stereocenters. The molecule has 8 nitrogen and oxygen atoms in total. The number of pyridine rings is 2. The summed E-state index contributed by atoms with van der Waals surface area (Å²) < 4.78 is 91.5. The molecule has 1 aliphatic heterocycles. The number of nitrogens with zero attached hydrogens (tertiary/aromatic N) is 2. The molecule has 1 fully saturated rings. The van der Waals surface area contributed by atoms with Crippen molar-refractivity contribution >= 4 is 17.5 Å². The molecule has 2 amide bonds. The fourth-order valence-electron chi connectivity index (χ4n) is 3.91. The van der Waals surface area contributed by atoms with Gasteiger partial charge < -0.3 is 20.5 Å². The Morgan fingerprint density at radius 1 is 1.17 bits per heavy atom. The first-order chi connectivity index (χ1) is 16.1. The lowest BCUT2D eigenvalue weighted by atomic mass is 9.77. The van der Waals surface area contributed by atoms with Gasteiger partial charge in [0.05, 0.1) is 7.11 Å². The van der Waals surface area contributed by atoms with E-state index < -0.39 is 59.3 Å². The summed E-state index contributed by atoms with van der Waals surface area (Å²) in [5, 5.41) is 2.34. The number of nitrogens with two attached hydrogens (primary N) is 1. The summed E-state index contributed by atoms with van der Waals surface area (Å²) in [6.45, 7) is 1.92. The molecular formula is C21H20F6N4O4. The normalized spacial score (nSPS) is 24.8. The van der Waals surface area contributed by atoms with Gasteiger partial charge in [-0.15, -0.1) is 0 Å². The van der Waals surface area contributed by atoms with Crippen molar-refractivity contribution < 1.29 is 45.4 Å². The monoisotopic (exact) mass is 506 g/mol. The highest BCUT2D eigenvalue weighted by Gasteiger charge is 2.66. The van der Waals surface area contributed by atoms with E-state index in [9.17, 15) is 35.9 Å². The van der Waals surface area contributed by atoms with E-state index in [1.807, 2.05) is 0 Å². The van der Waals surface area contributed by atoms with E-state index in [2.05, 4.69) is 15.3 Å². The predicted octanol–water partition coefficient (Wildman–Crippen LogP) is 3.68. The van der Waals surface area contributed by atoms with Crippen molar-refractivity contribution in [2.75, 3.05) is 12.4 Å². The van der Waals surface area contributed by atoms with Gasteiger partial charge in [-0.25, -0.2) is 4.98 Å². The van der Waals surface area contributed by atoms with Crippen LogP contribution in [-0.2, 0) is 15.7 Å². The second kappa shape index (κ2) is 8.98. The summed E-state index contributed by atoms with van der Waals surface area (Å²) in [6, 6.07) is 3.88. The van der Waals surface area contributed by atoms with Gasteiger partial charge in [-0.05, 0) is 25.1 Å². The largest absolute Gasteiger partial charge is 0.481 e. The van der Waals surface area contributed by atoms with Gasteiger partial charge in [0.2, 0.25) is 5.88 Å². The Labute approximate surface area is 194 Å². The number of carbonyl (C=O) groups is 2. The highest BCUT2D eigenvalue weighted by atomic mass is 19.4. The fraction of sp³-hybridized carbons (Fsp3) is 0.429. The van der Waals surface area contributed by atoms with Crippen LogP contribution in [0.5, 0.6) is 5.88 Å². The van der Waals surface area contributed by atoms with Crippen LogP contribution >= 0.6 is 0 Å². The number of hydrogen-bond donors (Lipinski definition) is 2. The van der Waals surface area contributed by atoms with Gasteiger partial charge in [0.15, 0.2) is 5.60 Å². The van der Waals surface area contributed by atoms with Crippen LogP contribution in [0.3, 0.4) is 0 Å². The number of alkyl halides is 6. The van der Waals surface area contributed by atoms with Crippen LogP contribution in [-0.4, -0.2) is 46.8 Å². The standard InChI is InChI=1S/C21H20F6N4O4/c1-9-14(11-4-5-13(20(22,23)24)31-18(11)34-3)15(35-19(9,2)21(25,26)27)17(33)30-10-6-7-29-12(8-10)16(28)32/h4-9,14-15H,1-3H3,(H2,28,32)(H,29,30,33)/t9-,14-,15+,19+/m1/s1. The summed E-state index contributed by atoms with van der Waals surface area (Å²) in [7, 11) is 1.01. The van der Waals surface area contributed by atoms with Crippen molar-refractivity contribution in [2.24, 2.45) is 11.7 Å². The van der Waals surface area contributed by atoms with Gasteiger partial charge in [0, 0.05) is 29.3 Å². The average Bonchev–Trinajstić information content (AvgIpc) is 3.04. The van der Waals surface area contributed by atoms with E-state index in [4.69, 9.17) is 15.2 Å². The zero-order valence-electron chi connectivity index (χ0n) is 18.5. The molecule has 0 radical (unpaired) electrons. The maximum absolute atomic E-state index is 14.0. The molecular weight excluding hydrogens is 486 g/mol. The highest BCUT2D eigenvalue weighted by molar-refractivity contribution is 5.97. The third kappa shape index (κ3) is 4.88. The number of ether oxygens (including phenoxy) is 2. The van der Waals surface area contributed by atoms with Gasteiger partial charge in [-0.2, -0.15) is 26.3 Å². The molecule has 35 heavy (non-hydrogen) atoms.